The van der Waals surface area contributed by atoms with E-state index in [0.717, 1.165) is 5.82 Å². The molecule has 2 unspecified atom stereocenters. The summed E-state index contributed by atoms with van der Waals surface area (Å²) >= 11 is 6.60. The Hall–Kier alpha value is -2.15. The van der Waals surface area contributed by atoms with Gasteiger partial charge in [-0.3, -0.25) is 19.1 Å². The number of pyridine rings is 1. The van der Waals surface area contributed by atoms with Crippen molar-refractivity contribution in [3.8, 4) is 6.07 Å². The number of morpholine rings is 1. The summed E-state index contributed by atoms with van der Waals surface area (Å²) in [5.74, 6) is 0.581. The van der Waals surface area contributed by atoms with E-state index in [4.69, 9.17) is 17.0 Å². The summed E-state index contributed by atoms with van der Waals surface area (Å²) in [7, 11) is 0. The van der Waals surface area contributed by atoms with Gasteiger partial charge in [-0.05, 0) is 46.3 Å². The van der Waals surface area contributed by atoms with E-state index in [9.17, 15) is 14.9 Å². The summed E-state index contributed by atoms with van der Waals surface area (Å²) in [6.07, 6.45) is 1.78. The SMILES string of the molecule is CCN1C(=O)/C(=C/c2c(C)c(C#N)c(=O)n(CC)c2N2CC(C)OC(C)C2)SC1=S. The number of thioether (sulfide) groups is 1. The van der Waals surface area contributed by atoms with Crippen LogP contribution in [0.2, 0.25) is 0 Å². The number of ether oxygens (including phenoxy) is 1. The van der Waals surface area contributed by atoms with E-state index >= 15 is 0 Å². The molecule has 3 heterocycles. The van der Waals surface area contributed by atoms with E-state index in [0.29, 0.717) is 46.5 Å². The minimum absolute atomic E-state index is 0.00346. The second-order valence-electron chi connectivity index (χ2n) is 7.49. The Bertz CT molecular complexity index is 1010. The molecule has 2 saturated heterocycles. The van der Waals surface area contributed by atoms with Crippen molar-refractivity contribution in [2.24, 2.45) is 0 Å². The number of anilines is 1. The summed E-state index contributed by atoms with van der Waals surface area (Å²) in [5, 5.41) is 9.65. The topological polar surface area (TPSA) is 78.6 Å². The highest BCUT2D eigenvalue weighted by Gasteiger charge is 2.33. The van der Waals surface area contributed by atoms with Crippen LogP contribution in [-0.4, -0.2) is 51.5 Å². The molecular formula is C21H26N4O3S2. The van der Waals surface area contributed by atoms with Gasteiger partial charge in [-0.1, -0.05) is 24.0 Å². The van der Waals surface area contributed by atoms with Gasteiger partial charge < -0.3 is 9.64 Å². The summed E-state index contributed by atoms with van der Waals surface area (Å²) < 4.78 is 8.02. The van der Waals surface area contributed by atoms with E-state index in [1.807, 2.05) is 27.7 Å². The van der Waals surface area contributed by atoms with Crippen molar-refractivity contribution in [2.75, 3.05) is 24.5 Å². The lowest BCUT2D eigenvalue weighted by Gasteiger charge is -2.39. The number of nitrogens with zero attached hydrogens (tertiary/aromatic N) is 4. The number of thiocarbonyl (C=S) groups is 1. The van der Waals surface area contributed by atoms with E-state index in [1.54, 1.807) is 22.5 Å². The monoisotopic (exact) mass is 446 g/mol. The van der Waals surface area contributed by atoms with Gasteiger partial charge in [0.05, 0.1) is 17.1 Å². The Morgan fingerprint density at radius 2 is 1.87 bits per heavy atom. The van der Waals surface area contributed by atoms with Gasteiger partial charge in [0, 0.05) is 31.7 Å². The molecule has 0 radical (unpaired) electrons. The van der Waals surface area contributed by atoms with Gasteiger partial charge >= 0.3 is 0 Å². The fraction of sp³-hybridized carbons (Fsp3) is 0.524. The number of nitriles is 1. The molecule has 1 aromatic rings. The molecule has 1 amide bonds. The lowest BCUT2D eigenvalue weighted by atomic mass is 10.0. The number of carbonyl (C=O) groups is 1. The Morgan fingerprint density at radius 3 is 2.37 bits per heavy atom. The van der Waals surface area contributed by atoms with Crippen molar-refractivity contribution >= 4 is 46.1 Å². The number of amides is 1. The van der Waals surface area contributed by atoms with E-state index in [1.165, 1.54) is 11.8 Å². The number of carbonyl (C=O) groups excluding carboxylic acids is 1. The Labute approximate surface area is 186 Å². The maximum Gasteiger partial charge on any atom is 0.270 e. The maximum atomic E-state index is 13.0. The molecule has 0 spiro atoms. The predicted octanol–water partition coefficient (Wildman–Crippen LogP) is 2.88. The molecule has 0 N–H and O–H groups in total. The van der Waals surface area contributed by atoms with Gasteiger partial charge in [0.2, 0.25) is 0 Å². The third kappa shape index (κ3) is 3.92. The van der Waals surface area contributed by atoms with E-state index < -0.39 is 0 Å². The normalized spacial score (nSPS) is 23.4. The zero-order chi connectivity index (χ0) is 22.2. The maximum absolute atomic E-state index is 13.0. The molecule has 0 aromatic carbocycles. The van der Waals surface area contributed by atoms with Crippen molar-refractivity contribution in [1.29, 1.82) is 5.26 Å². The van der Waals surface area contributed by atoms with Crippen molar-refractivity contribution in [3.05, 3.63) is 31.9 Å². The van der Waals surface area contributed by atoms with Gasteiger partial charge in [-0.25, -0.2) is 0 Å². The fourth-order valence-corrected chi connectivity index (χ4v) is 5.40. The summed E-state index contributed by atoms with van der Waals surface area (Å²) in [6.45, 7) is 11.7. The molecule has 0 bridgehead atoms. The van der Waals surface area contributed by atoms with Crippen molar-refractivity contribution < 1.29 is 9.53 Å². The minimum Gasteiger partial charge on any atom is -0.372 e. The number of aromatic nitrogens is 1. The highest BCUT2D eigenvalue weighted by molar-refractivity contribution is 8.26. The Kier molecular flexibility index (Phi) is 6.70. The molecule has 0 aliphatic carbocycles. The molecule has 30 heavy (non-hydrogen) atoms. The number of hydrogen-bond donors (Lipinski definition) is 0. The smallest absolute Gasteiger partial charge is 0.270 e. The summed E-state index contributed by atoms with van der Waals surface area (Å²) in [6, 6.07) is 2.06. The number of rotatable bonds is 4. The molecule has 160 valence electrons. The third-order valence-electron chi connectivity index (χ3n) is 5.35. The largest absolute Gasteiger partial charge is 0.372 e. The van der Waals surface area contributed by atoms with Gasteiger partial charge in [-0.15, -0.1) is 0 Å². The second kappa shape index (κ2) is 8.92. The van der Waals surface area contributed by atoms with Crippen LogP contribution in [0.3, 0.4) is 0 Å². The van der Waals surface area contributed by atoms with Gasteiger partial charge in [-0.2, -0.15) is 5.26 Å². The van der Waals surface area contributed by atoms with Crippen LogP contribution >= 0.6 is 24.0 Å². The van der Waals surface area contributed by atoms with Crippen molar-refractivity contribution in [3.63, 3.8) is 0 Å². The first kappa shape index (κ1) is 22.5. The van der Waals surface area contributed by atoms with Crippen LogP contribution in [0.15, 0.2) is 9.70 Å². The molecule has 3 rings (SSSR count). The van der Waals surface area contributed by atoms with Crippen LogP contribution in [0.5, 0.6) is 0 Å². The molecule has 2 fully saturated rings. The number of hydrogen-bond acceptors (Lipinski definition) is 7. The fourth-order valence-electron chi connectivity index (χ4n) is 4.03. The van der Waals surface area contributed by atoms with Gasteiger partial charge in [0.25, 0.3) is 11.5 Å². The lowest BCUT2D eigenvalue weighted by Crippen LogP contribution is -2.48. The first-order valence-electron chi connectivity index (χ1n) is 10.1. The zero-order valence-corrected chi connectivity index (χ0v) is 19.5. The first-order chi connectivity index (χ1) is 14.2. The first-order valence-corrected chi connectivity index (χ1v) is 11.3. The summed E-state index contributed by atoms with van der Waals surface area (Å²) in [5.41, 5.74) is 1.09. The van der Waals surface area contributed by atoms with Crippen LogP contribution in [-0.2, 0) is 16.1 Å². The minimum atomic E-state index is -0.308. The quantitative estimate of drug-likeness (QED) is 0.520. The predicted molar refractivity (Wildman–Crippen MR) is 124 cm³/mol. The van der Waals surface area contributed by atoms with E-state index in [2.05, 4.69) is 11.0 Å². The molecular weight excluding hydrogens is 420 g/mol. The van der Waals surface area contributed by atoms with Gasteiger partial charge in [0.1, 0.15) is 21.8 Å². The molecule has 2 atom stereocenters. The molecule has 0 saturated carbocycles. The highest BCUT2D eigenvalue weighted by Crippen LogP contribution is 2.36. The second-order valence-corrected chi connectivity index (χ2v) is 9.16. The molecule has 2 aliphatic rings. The van der Waals surface area contributed by atoms with Crippen LogP contribution in [0.25, 0.3) is 6.08 Å². The van der Waals surface area contributed by atoms with Crippen LogP contribution in [0, 0.1) is 18.3 Å². The third-order valence-corrected chi connectivity index (χ3v) is 6.72. The number of likely N-dealkylation sites (N-methyl/N-ethyl adjacent to an activating group) is 1. The Morgan fingerprint density at radius 1 is 1.23 bits per heavy atom. The highest BCUT2D eigenvalue weighted by atomic mass is 32.2. The lowest BCUT2D eigenvalue weighted by molar-refractivity contribution is -0.121. The van der Waals surface area contributed by atoms with Crippen LogP contribution < -0.4 is 10.5 Å². The average molecular weight is 447 g/mol. The summed E-state index contributed by atoms with van der Waals surface area (Å²) in [4.78, 5) is 30.0. The average Bonchev–Trinajstić information content (AvgIpc) is 2.95. The van der Waals surface area contributed by atoms with Gasteiger partial charge in [0.15, 0.2) is 0 Å². The van der Waals surface area contributed by atoms with E-state index in [-0.39, 0.29) is 29.2 Å². The standard InChI is InChI=1S/C21H26N4O3S2/c1-6-24-18(23-10-12(3)28-13(4)11-23)15(14(5)16(9-22)19(24)26)8-17-20(27)25(7-2)21(29)30-17/h8,12-13H,6-7,10-11H2,1-5H3/b17-8-. The molecule has 9 heteroatoms. The van der Waals surface area contributed by atoms with Crippen LogP contribution in [0.1, 0.15) is 44.4 Å². The molecule has 2 aliphatic heterocycles. The van der Waals surface area contributed by atoms with Crippen molar-refractivity contribution in [1.82, 2.24) is 9.47 Å². The van der Waals surface area contributed by atoms with Crippen LogP contribution in [0.4, 0.5) is 5.82 Å². The van der Waals surface area contributed by atoms with Crippen molar-refractivity contribution in [2.45, 2.75) is 53.4 Å². The molecule has 1 aromatic heterocycles. The zero-order valence-electron chi connectivity index (χ0n) is 17.9. The molecule has 7 nitrogen and oxygen atoms in total. The Balaban J connectivity index is 2.27.